The maximum atomic E-state index is 3.88. The topological polar surface area (TPSA) is 27.3 Å². The summed E-state index contributed by atoms with van der Waals surface area (Å²) >= 11 is 0. The maximum absolute atomic E-state index is 3.88. The van der Waals surface area contributed by atoms with Gasteiger partial charge in [-0.1, -0.05) is 49.6 Å². The fourth-order valence-corrected chi connectivity index (χ4v) is 5.82. The number of hydrogen-bond acceptors (Lipinski definition) is 3. The normalized spacial score (nSPS) is 31.6. The van der Waals surface area contributed by atoms with Crippen LogP contribution in [0.15, 0.2) is 30.3 Å². The van der Waals surface area contributed by atoms with Crippen molar-refractivity contribution in [1.29, 1.82) is 0 Å². The second kappa shape index (κ2) is 10.8. The van der Waals surface area contributed by atoms with Gasteiger partial charge in [-0.05, 0) is 82.5 Å². The smallest absolute Gasteiger partial charge is 0.0323 e. The average molecular weight is 384 g/mol. The SMILES string of the molecule is C1CN[C@H](CN2CCCC2)C1.c1ccc([C@@H]2CC[C@@H](C3CCCCC3)N2)cc1. The Labute approximate surface area is 172 Å². The van der Waals surface area contributed by atoms with E-state index >= 15 is 0 Å². The standard InChI is InChI=1S/C16H23N.C9H18N2/c1-3-7-13(8-4-1)15-11-12-16(17-15)14-9-5-2-6-10-14;1-2-7-11(6-1)8-9-4-3-5-10-9/h1,3-4,7-8,14-17H,2,5-6,9-12H2;9-10H,1-8H2/t15-,16-;9-/m00/s1. The van der Waals surface area contributed by atoms with Crippen LogP contribution in [0.1, 0.15) is 82.2 Å². The molecule has 1 aliphatic carbocycles. The third-order valence-electron chi connectivity index (χ3n) is 7.44. The average Bonchev–Trinajstić information content (AvgIpc) is 3.53. The van der Waals surface area contributed by atoms with Gasteiger partial charge < -0.3 is 15.5 Å². The van der Waals surface area contributed by atoms with Crippen molar-refractivity contribution in [3.63, 3.8) is 0 Å². The van der Waals surface area contributed by atoms with E-state index < -0.39 is 0 Å². The minimum atomic E-state index is 0.614. The van der Waals surface area contributed by atoms with Crippen molar-refractivity contribution in [3.8, 4) is 0 Å². The molecule has 0 spiro atoms. The van der Waals surface area contributed by atoms with E-state index in [4.69, 9.17) is 0 Å². The largest absolute Gasteiger partial charge is 0.313 e. The summed E-state index contributed by atoms with van der Waals surface area (Å²) in [5.74, 6) is 0.956. The van der Waals surface area contributed by atoms with Crippen LogP contribution >= 0.6 is 0 Å². The molecule has 2 N–H and O–H groups in total. The van der Waals surface area contributed by atoms with Crippen LogP contribution < -0.4 is 10.6 Å². The first-order valence-corrected chi connectivity index (χ1v) is 12.2. The second-order valence-electron chi connectivity index (χ2n) is 9.51. The number of hydrogen-bond donors (Lipinski definition) is 2. The molecule has 0 radical (unpaired) electrons. The Morgan fingerprint density at radius 3 is 2.29 bits per heavy atom. The minimum absolute atomic E-state index is 0.614. The molecule has 0 bridgehead atoms. The van der Waals surface area contributed by atoms with Gasteiger partial charge >= 0.3 is 0 Å². The molecule has 3 saturated heterocycles. The van der Waals surface area contributed by atoms with E-state index in [-0.39, 0.29) is 0 Å². The first-order chi connectivity index (χ1) is 13.9. The zero-order valence-electron chi connectivity index (χ0n) is 17.7. The highest BCUT2D eigenvalue weighted by atomic mass is 15.2. The molecule has 1 aromatic carbocycles. The van der Waals surface area contributed by atoms with E-state index in [0.717, 1.165) is 18.0 Å². The summed E-state index contributed by atoms with van der Waals surface area (Å²) in [6.07, 6.45) is 15.6. The lowest BCUT2D eigenvalue weighted by atomic mass is 9.83. The summed E-state index contributed by atoms with van der Waals surface area (Å²) in [6.45, 7) is 5.24. The molecule has 0 aromatic heterocycles. The van der Waals surface area contributed by atoms with Crippen LogP contribution in [0.5, 0.6) is 0 Å². The van der Waals surface area contributed by atoms with Crippen molar-refractivity contribution in [2.75, 3.05) is 26.2 Å². The van der Waals surface area contributed by atoms with Crippen LogP contribution in [0.2, 0.25) is 0 Å². The Bertz CT molecular complexity index is 528. The Morgan fingerprint density at radius 2 is 1.57 bits per heavy atom. The summed E-state index contributed by atoms with van der Waals surface area (Å²) in [4.78, 5) is 2.60. The molecule has 0 amide bonds. The zero-order chi connectivity index (χ0) is 19.0. The maximum Gasteiger partial charge on any atom is 0.0323 e. The molecule has 156 valence electrons. The lowest BCUT2D eigenvalue weighted by Crippen LogP contribution is -2.35. The van der Waals surface area contributed by atoms with Gasteiger partial charge in [0.1, 0.15) is 0 Å². The Kier molecular flexibility index (Phi) is 7.83. The van der Waals surface area contributed by atoms with E-state index in [1.165, 1.54) is 102 Å². The highest BCUT2D eigenvalue weighted by molar-refractivity contribution is 5.20. The minimum Gasteiger partial charge on any atom is -0.313 e. The molecule has 3 nitrogen and oxygen atoms in total. The molecule has 1 aromatic rings. The summed E-state index contributed by atoms with van der Waals surface area (Å²) in [5.41, 5.74) is 1.48. The van der Waals surface area contributed by atoms with Gasteiger partial charge in [-0.2, -0.15) is 0 Å². The van der Waals surface area contributed by atoms with Crippen LogP contribution in [0.25, 0.3) is 0 Å². The third kappa shape index (κ3) is 5.81. The molecule has 0 unspecified atom stereocenters. The van der Waals surface area contributed by atoms with Crippen molar-refractivity contribution in [2.45, 2.75) is 88.8 Å². The van der Waals surface area contributed by atoms with E-state index in [0.29, 0.717) is 6.04 Å². The molecule has 3 atom stereocenters. The molecule has 1 saturated carbocycles. The van der Waals surface area contributed by atoms with Crippen molar-refractivity contribution < 1.29 is 0 Å². The van der Waals surface area contributed by atoms with Crippen LogP contribution in [0, 0.1) is 5.92 Å². The predicted octanol–water partition coefficient (Wildman–Crippen LogP) is 4.89. The van der Waals surface area contributed by atoms with Gasteiger partial charge in [0.05, 0.1) is 0 Å². The van der Waals surface area contributed by atoms with Gasteiger partial charge in [-0.3, -0.25) is 0 Å². The van der Waals surface area contributed by atoms with Crippen LogP contribution in [-0.4, -0.2) is 43.2 Å². The quantitative estimate of drug-likeness (QED) is 0.775. The fraction of sp³-hybridized carbons (Fsp3) is 0.760. The monoisotopic (exact) mass is 383 g/mol. The lowest BCUT2D eigenvalue weighted by molar-refractivity contribution is 0.282. The Hall–Kier alpha value is -0.900. The molecule has 3 heteroatoms. The summed E-state index contributed by atoms with van der Waals surface area (Å²) in [7, 11) is 0. The van der Waals surface area contributed by atoms with Crippen molar-refractivity contribution >= 4 is 0 Å². The lowest BCUT2D eigenvalue weighted by Gasteiger charge is -2.28. The number of nitrogens with zero attached hydrogens (tertiary/aromatic N) is 1. The highest BCUT2D eigenvalue weighted by Crippen LogP contribution is 2.35. The first-order valence-electron chi connectivity index (χ1n) is 12.2. The molecule has 5 rings (SSSR count). The van der Waals surface area contributed by atoms with E-state index in [9.17, 15) is 0 Å². The van der Waals surface area contributed by atoms with Crippen molar-refractivity contribution in [2.24, 2.45) is 5.92 Å². The molecular formula is C25H41N3. The Balaban J connectivity index is 0.000000151. The van der Waals surface area contributed by atoms with Crippen LogP contribution in [-0.2, 0) is 0 Å². The molecule has 4 aliphatic rings. The van der Waals surface area contributed by atoms with Gasteiger partial charge in [0.2, 0.25) is 0 Å². The van der Waals surface area contributed by atoms with Gasteiger partial charge in [0, 0.05) is 24.7 Å². The molecule has 3 heterocycles. The van der Waals surface area contributed by atoms with Crippen molar-refractivity contribution in [1.82, 2.24) is 15.5 Å². The summed E-state index contributed by atoms with van der Waals surface area (Å²) < 4.78 is 0. The van der Waals surface area contributed by atoms with E-state index in [1.807, 2.05) is 0 Å². The van der Waals surface area contributed by atoms with Gasteiger partial charge in [0.15, 0.2) is 0 Å². The third-order valence-corrected chi connectivity index (χ3v) is 7.44. The summed E-state index contributed by atoms with van der Waals surface area (Å²) in [6, 6.07) is 13.2. The number of nitrogens with one attached hydrogen (secondary N) is 2. The van der Waals surface area contributed by atoms with Crippen molar-refractivity contribution in [3.05, 3.63) is 35.9 Å². The van der Waals surface area contributed by atoms with Gasteiger partial charge in [-0.25, -0.2) is 0 Å². The van der Waals surface area contributed by atoms with E-state index in [2.05, 4.69) is 45.9 Å². The molecular weight excluding hydrogens is 342 g/mol. The van der Waals surface area contributed by atoms with Crippen LogP contribution in [0.4, 0.5) is 0 Å². The number of likely N-dealkylation sites (tertiary alicyclic amines) is 1. The first kappa shape index (κ1) is 20.4. The molecule has 3 aliphatic heterocycles. The summed E-state index contributed by atoms with van der Waals surface area (Å²) in [5, 5.41) is 7.42. The fourth-order valence-electron chi connectivity index (χ4n) is 5.82. The Morgan fingerprint density at radius 1 is 0.786 bits per heavy atom. The van der Waals surface area contributed by atoms with Gasteiger partial charge in [-0.15, -0.1) is 0 Å². The van der Waals surface area contributed by atoms with E-state index in [1.54, 1.807) is 0 Å². The number of benzene rings is 1. The second-order valence-corrected chi connectivity index (χ2v) is 9.51. The van der Waals surface area contributed by atoms with Crippen LogP contribution in [0.3, 0.4) is 0 Å². The van der Waals surface area contributed by atoms with Gasteiger partial charge in [0.25, 0.3) is 0 Å². The number of rotatable bonds is 4. The molecule has 28 heavy (non-hydrogen) atoms. The highest BCUT2D eigenvalue weighted by Gasteiger charge is 2.31. The zero-order valence-corrected chi connectivity index (χ0v) is 17.7. The predicted molar refractivity (Wildman–Crippen MR) is 119 cm³/mol. The molecule has 4 fully saturated rings.